The van der Waals surface area contributed by atoms with E-state index in [1.807, 2.05) is 0 Å². The van der Waals surface area contributed by atoms with Crippen LogP contribution in [0.1, 0.15) is 26.2 Å². The number of nitrogens with one attached hydrogen (secondary N) is 4. The number of carbonyl (C=O) groups is 3. The van der Waals surface area contributed by atoms with Crippen molar-refractivity contribution in [2.24, 2.45) is 5.92 Å². The molecular weight excluding hydrogens is 383 g/mol. The third kappa shape index (κ3) is 4.62. The van der Waals surface area contributed by atoms with E-state index in [-0.39, 0.29) is 30.4 Å². The SMILES string of the molecule is CCOC(=O)NC(=O)C1CC(F)SC1NC(=O)C1NC2CCCNC2S1. The number of imide groups is 1. The highest BCUT2D eigenvalue weighted by atomic mass is 32.2. The Hall–Kier alpha value is -1.04. The van der Waals surface area contributed by atoms with Crippen LogP contribution in [-0.2, 0) is 14.3 Å². The van der Waals surface area contributed by atoms with Crippen LogP contribution in [0, 0.1) is 5.92 Å². The number of hydrogen-bond acceptors (Lipinski definition) is 8. The summed E-state index contributed by atoms with van der Waals surface area (Å²) < 4.78 is 18.5. The fourth-order valence-corrected chi connectivity index (χ4v) is 5.88. The number of alkyl carbamates (subject to hydrolysis) is 1. The summed E-state index contributed by atoms with van der Waals surface area (Å²) in [7, 11) is 0. The lowest BCUT2D eigenvalue weighted by Gasteiger charge is -2.24. The Labute approximate surface area is 159 Å². The van der Waals surface area contributed by atoms with Crippen molar-refractivity contribution in [2.75, 3.05) is 13.2 Å². The quantitative estimate of drug-likeness (QED) is 0.534. The second kappa shape index (κ2) is 8.77. The van der Waals surface area contributed by atoms with E-state index in [1.165, 1.54) is 11.8 Å². The Kier molecular flexibility index (Phi) is 6.65. The maximum atomic E-state index is 13.8. The molecule has 0 spiro atoms. The molecule has 6 atom stereocenters. The van der Waals surface area contributed by atoms with Crippen molar-refractivity contribution >= 4 is 41.4 Å². The minimum Gasteiger partial charge on any atom is -0.450 e. The lowest BCUT2D eigenvalue weighted by Crippen LogP contribution is -2.50. The number of halogens is 1. The summed E-state index contributed by atoms with van der Waals surface area (Å²) in [6, 6.07) is 0.234. The van der Waals surface area contributed by atoms with Crippen LogP contribution in [0.25, 0.3) is 0 Å². The first-order valence-corrected chi connectivity index (χ1v) is 10.6. The van der Waals surface area contributed by atoms with Gasteiger partial charge in [-0.3, -0.25) is 20.2 Å². The number of carbonyl (C=O) groups excluding carboxylic acids is 3. The number of amides is 3. The van der Waals surface area contributed by atoms with Gasteiger partial charge >= 0.3 is 6.09 Å². The average Bonchev–Trinajstić information content (AvgIpc) is 3.18. The van der Waals surface area contributed by atoms with E-state index in [0.29, 0.717) is 0 Å². The fourth-order valence-electron chi connectivity index (χ4n) is 3.28. The van der Waals surface area contributed by atoms with Gasteiger partial charge in [0.25, 0.3) is 0 Å². The van der Waals surface area contributed by atoms with Crippen molar-refractivity contribution in [3.63, 3.8) is 0 Å². The summed E-state index contributed by atoms with van der Waals surface area (Å²) in [6.45, 7) is 2.68. The number of fused-ring (bicyclic) bond motifs is 1. The van der Waals surface area contributed by atoms with Gasteiger partial charge in [-0.1, -0.05) is 11.8 Å². The number of ether oxygens (including phenoxy) is 1. The van der Waals surface area contributed by atoms with Gasteiger partial charge in [0.2, 0.25) is 11.8 Å². The smallest absolute Gasteiger partial charge is 0.413 e. The first-order valence-electron chi connectivity index (χ1n) is 8.70. The molecule has 0 radical (unpaired) electrons. The number of piperidine rings is 1. The van der Waals surface area contributed by atoms with Crippen molar-refractivity contribution in [1.29, 1.82) is 0 Å². The predicted molar refractivity (Wildman–Crippen MR) is 97.0 cm³/mol. The topological polar surface area (TPSA) is 109 Å². The van der Waals surface area contributed by atoms with Crippen LogP contribution in [-0.4, -0.2) is 58.7 Å². The van der Waals surface area contributed by atoms with Gasteiger partial charge in [0.1, 0.15) is 10.9 Å². The van der Waals surface area contributed by atoms with E-state index in [0.717, 1.165) is 31.1 Å². The molecule has 3 saturated heterocycles. The van der Waals surface area contributed by atoms with E-state index in [4.69, 9.17) is 0 Å². The zero-order valence-corrected chi connectivity index (χ0v) is 16.0. The standard InChI is InChI=1S/C15H23FN4O4S2/c1-2-24-15(23)20-10(21)7-6-9(16)25-12(7)19-11(22)14-18-8-4-3-5-17-13(8)26-14/h7-9,12-14,17-18H,2-6H2,1H3,(H,19,22)(H,20,21,23). The first-order chi connectivity index (χ1) is 12.5. The summed E-state index contributed by atoms with van der Waals surface area (Å²) in [5.74, 6) is -1.73. The van der Waals surface area contributed by atoms with Crippen LogP contribution < -0.4 is 21.3 Å². The Bertz CT molecular complexity index is 556. The van der Waals surface area contributed by atoms with E-state index < -0.39 is 34.2 Å². The minimum atomic E-state index is -1.27. The summed E-state index contributed by atoms with van der Waals surface area (Å²) in [6.07, 6.45) is 1.14. The van der Waals surface area contributed by atoms with Gasteiger partial charge in [-0.15, -0.1) is 11.8 Å². The molecule has 3 amide bonds. The normalized spacial score (nSPS) is 36.2. The second-order valence-electron chi connectivity index (χ2n) is 6.33. The van der Waals surface area contributed by atoms with Gasteiger partial charge in [-0.05, 0) is 26.3 Å². The molecule has 26 heavy (non-hydrogen) atoms. The van der Waals surface area contributed by atoms with Gasteiger partial charge in [-0.25, -0.2) is 9.18 Å². The van der Waals surface area contributed by atoms with Crippen LogP contribution in [0.2, 0.25) is 0 Å². The lowest BCUT2D eigenvalue weighted by atomic mass is 10.1. The van der Waals surface area contributed by atoms with Gasteiger partial charge in [0.05, 0.1) is 23.3 Å². The zero-order valence-electron chi connectivity index (χ0n) is 14.3. The molecule has 0 aromatic carbocycles. The van der Waals surface area contributed by atoms with Gasteiger partial charge in [0.15, 0.2) is 0 Å². The minimum absolute atomic E-state index is 0.0567. The molecule has 3 aliphatic heterocycles. The van der Waals surface area contributed by atoms with Crippen LogP contribution in [0.15, 0.2) is 0 Å². The van der Waals surface area contributed by atoms with Crippen molar-refractivity contribution in [1.82, 2.24) is 21.3 Å². The van der Waals surface area contributed by atoms with Crippen LogP contribution in [0.4, 0.5) is 9.18 Å². The number of alkyl halides is 1. The summed E-state index contributed by atoms with van der Waals surface area (Å²) >= 11 is 2.39. The highest BCUT2D eigenvalue weighted by Gasteiger charge is 2.44. The molecule has 3 aliphatic rings. The van der Waals surface area contributed by atoms with Crippen LogP contribution in [0.3, 0.4) is 0 Å². The number of hydrogen-bond donors (Lipinski definition) is 4. The van der Waals surface area contributed by atoms with Crippen LogP contribution in [0.5, 0.6) is 0 Å². The van der Waals surface area contributed by atoms with Gasteiger partial charge < -0.3 is 15.4 Å². The lowest BCUT2D eigenvalue weighted by molar-refractivity contribution is -0.125. The average molecular weight is 407 g/mol. The summed E-state index contributed by atoms with van der Waals surface area (Å²) in [5.41, 5.74) is -1.27. The summed E-state index contributed by atoms with van der Waals surface area (Å²) in [5, 5.41) is 10.5. The summed E-state index contributed by atoms with van der Waals surface area (Å²) in [4.78, 5) is 36.2. The monoisotopic (exact) mass is 406 g/mol. The van der Waals surface area contributed by atoms with Crippen LogP contribution >= 0.6 is 23.5 Å². The molecule has 0 saturated carbocycles. The molecule has 146 valence electrons. The molecule has 0 aliphatic carbocycles. The zero-order chi connectivity index (χ0) is 18.7. The molecule has 0 bridgehead atoms. The van der Waals surface area contributed by atoms with Crippen molar-refractivity contribution < 1.29 is 23.5 Å². The Morgan fingerprint density at radius 3 is 2.81 bits per heavy atom. The first kappa shape index (κ1) is 19.7. The number of thioether (sulfide) groups is 2. The Morgan fingerprint density at radius 2 is 2.08 bits per heavy atom. The molecule has 11 heteroatoms. The Balaban J connectivity index is 1.55. The van der Waals surface area contributed by atoms with E-state index in [2.05, 4.69) is 26.0 Å². The highest BCUT2D eigenvalue weighted by molar-refractivity contribution is 8.01. The van der Waals surface area contributed by atoms with E-state index in [1.54, 1.807) is 6.92 Å². The number of rotatable bonds is 4. The molecule has 4 N–H and O–H groups in total. The van der Waals surface area contributed by atoms with E-state index >= 15 is 0 Å². The molecule has 6 unspecified atom stereocenters. The third-order valence-corrected chi connectivity index (χ3v) is 7.15. The van der Waals surface area contributed by atoms with Gasteiger partial charge in [-0.2, -0.15) is 0 Å². The molecule has 3 heterocycles. The predicted octanol–water partition coefficient (Wildman–Crippen LogP) is 0.491. The van der Waals surface area contributed by atoms with Crippen molar-refractivity contribution in [2.45, 2.75) is 53.9 Å². The molecule has 8 nitrogen and oxygen atoms in total. The maximum Gasteiger partial charge on any atom is 0.413 e. The van der Waals surface area contributed by atoms with Crippen molar-refractivity contribution in [3.8, 4) is 0 Å². The molecule has 0 aromatic heterocycles. The second-order valence-corrected chi connectivity index (χ2v) is 8.88. The molecular formula is C15H23FN4O4S2. The Morgan fingerprint density at radius 1 is 1.27 bits per heavy atom. The highest BCUT2D eigenvalue weighted by Crippen LogP contribution is 2.38. The maximum absolute atomic E-state index is 13.8. The van der Waals surface area contributed by atoms with Gasteiger partial charge in [0, 0.05) is 12.5 Å². The molecule has 0 aromatic rings. The van der Waals surface area contributed by atoms with Crippen molar-refractivity contribution in [3.05, 3.63) is 0 Å². The van der Waals surface area contributed by atoms with E-state index in [9.17, 15) is 18.8 Å². The third-order valence-electron chi connectivity index (χ3n) is 4.51. The molecule has 3 rings (SSSR count). The largest absolute Gasteiger partial charge is 0.450 e. The molecule has 3 fully saturated rings. The fraction of sp³-hybridized carbons (Fsp3) is 0.800.